The van der Waals surface area contributed by atoms with E-state index in [1.54, 1.807) is 48.5 Å². The molecule has 45 heavy (non-hydrogen) atoms. The Bertz CT molecular complexity index is 1710. The third-order valence-corrected chi connectivity index (χ3v) is 10.2. The van der Waals surface area contributed by atoms with Gasteiger partial charge in [-0.3, -0.25) is 4.79 Å². The van der Waals surface area contributed by atoms with E-state index < -0.39 is 51.4 Å². The van der Waals surface area contributed by atoms with Crippen molar-refractivity contribution in [2.45, 2.75) is 48.7 Å². The number of anilines is 1. The van der Waals surface area contributed by atoms with Gasteiger partial charge in [0.15, 0.2) is 0 Å². The molecule has 0 spiro atoms. The monoisotopic (exact) mass is 636 g/mol. The van der Waals surface area contributed by atoms with Gasteiger partial charge in [0.25, 0.3) is 0 Å². The van der Waals surface area contributed by atoms with Crippen molar-refractivity contribution in [1.29, 1.82) is 0 Å². The number of hydrogen-bond acceptors (Lipinski definition) is 5. The van der Waals surface area contributed by atoms with Crippen molar-refractivity contribution in [1.82, 2.24) is 9.62 Å². The number of benzene rings is 4. The van der Waals surface area contributed by atoms with Gasteiger partial charge in [-0.2, -0.15) is 4.31 Å². The fourth-order valence-corrected chi connectivity index (χ4v) is 7.86. The lowest BCUT2D eigenvalue weighted by molar-refractivity contribution is -0.117. The molecule has 1 saturated heterocycles. The van der Waals surface area contributed by atoms with E-state index in [2.05, 4.69) is 10.6 Å². The zero-order valence-corrected chi connectivity index (χ0v) is 25.5. The minimum atomic E-state index is -3.82. The Kier molecular flexibility index (Phi) is 10.0. The van der Waals surface area contributed by atoms with Crippen LogP contribution >= 0.6 is 0 Å². The number of nitrogens with zero attached hydrogens (tertiary/aromatic N) is 1. The maximum atomic E-state index is 15.3. The van der Waals surface area contributed by atoms with Crippen molar-refractivity contribution in [2.24, 2.45) is 5.73 Å². The average molecular weight is 637 g/mol. The molecule has 1 heterocycles. The number of hydrogen-bond donors (Lipinski definition) is 3. The maximum Gasteiger partial charge on any atom is 0.243 e. The predicted octanol–water partition coefficient (Wildman–Crippen LogP) is 5.19. The summed E-state index contributed by atoms with van der Waals surface area (Å²) >= 11 is 0. The second-order valence-corrected chi connectivity index (χ2v) is 13.1. The number of piperazine rings is 1. The van der Waals surface area contributed by atoms with Gasteiger partial charge in [0.1, 0.15) is 17.5 Å². The molecule has 1 aliphatic heterocycles. The van der Waals surface area contributed by atoms with E-state index in [1.807, 2.05) is 6.92 Å². The molecule has 4 aromatic carbocycles. The summed E-state index contributed by atoms with van der Waals surface area (Å²) < 4.78 is 72.4. The van der Waals surface area contributed by atoms with Crippen LogP contribution in [-0.4, -0.2) is 49.8 Å². The first kappa shape index (κ1) is 32.4. The van der Waals surface area contributed by atoms with Gasteiger partial charge in [-0.05, 0) is 79.4 Å². The Morgan fingerprint density at radius 1 is 0.911 bits per heavy atom. The van der Waals surface area contributed by atoms with Crippen LogP contribution in [0.5, 0.6) is 0 Å². The van der Waals surface area contributed by atoms with Crippen LogP contribution in [0.15, 0.2) is 102 Å². The lowest BCUT2D eigenvalue weighted by Gasteiger charge is -2.40. The smallest absolute Gasteiger partial charge is 0.243 e. The van der Waals surface area contributed by atoms with E-state index in [0.717, 1.165) is 0 Å². The molecule has 4 N–H and O–H groups in total. The second-order valence-electron chi connectivity index (χ2n) is 11.2. The topological polar surface area (TPSA) is 105 Å². The van der Waals surface area contributed by atoms with Crippen LogP contribution < -0.4 is 16.4 Å². The minimum absolute atomic E-state index is 0.120. The Labute approximate surface area is 261 Å². The van der Waals surface area contributed by atoms with Crippen LogP contribution in [0, 0.1) is 17.5 Å². The van der Waals surface area contributed by atoms with Crippen molar-refractivity contribution < 1.29 is 26.4 Å². The van der Waals surface area contributed by atoms with Crippen molar-refractivity contribution in [3.63, 3.8) is 0 Å². The SMILES string of the molecule is C[C@@H]1CNC[C@H](CCc2c(F)cccc2NC(=O)[C@@H](N)C(c2cccc(F)c2)c2cccc(F)c2)N1S(=O)(=O)c1ccccc1. The Morgan fingerprint density at radius 3 is 2.16 bits per heavy atom. The van der Waals surface area contributed by atoms with Gasteiger partial charge >= 0.3 is 0 Å². The lowest BCUT2D eigenvalue weighted by Crippen LogP contribution is -2.58. The lowest BCUT2D eigenvalue weighted by atomic mass is 9.84. The number of carbonyl (C=O) groups excluding carboxylic acids is 1. The maximum absolute atomic E-state index is 15.3. The molecule has 0 bridgehead atoms. The van der Waals surface area contributed by atoms with Gasteiger partial charge in [-0.1, -0.05) is 48.5 Å². The Balaban J connectivity index is 1.39. The minimum Gasteiger partial charge on any atom is -0.324 e. The van der Waals surface area contributed by atoms with Crippen LogP contribution in [-0.2, 0) is 21.2 Å². The average Bonchev–Trinajstić information content (AvgIpc) is 3.01. The summed E-state index contributed by atoms with van der Waals surface area (Å²) in [4.78, 5) is 13.8. The van der Waals surface area contributed by atoms with Crippen LogP contribution in [0.4, 0.5) is 18.9 Å². The number of amides is 1. The molecule has 3 atom stereocenters. The molecular formula is C34H35F3N4O3S. The van der Waals surface area contributed by atoms with Crippen LogP contribution in [0.3, 0.4) is 0 Å². The molecule has 236 valence electrons. The molecule has 5 rings (SSSR count). The molecule has 1 aliphatic rings. The molecule has 4 aromatic rings. The van der Waals surface area contributed by atoms with Gasteiger partial charge < -0.3 is 16.4 Å². The van der Waals surface area contributed by atoms with Gasteiger partial charge in [0.05, 0.1) is 10.9 Å². The first-order valence-corrected chi connectivity index (χ1v) is 16.1. The van der Waals surface area contributed by atoms with Crippen LogP contribution in [0.1, 0.15) is 36.0 Å². The zero-order chi connectivity index (χ0) is 32.1. The summed E-state index contributed by atoms with van der Waals surface area (Å²) in [5.74, 6) is -3.23. The Morgan fingerprint density at radius 2 is 1.53 bits per heavy atom. The highest BCUT2D eigenvalue weighted by Crippen LogP contribution is 2.31. The number of sulfonamides is 1. The van der Waals surface area contributed by atoms with E-state index in [9.17, 15) is 22.0 Å². The number of nitrogens with two attached hydrogens (primary N) is 1. The molecule has 0 aromatic heterocycles. The van der Waals surface area contributed by atoms with Gasteiger partial charge in [0, 0.05) is 42.3 Å². The quantitative estimate of drug-likeness (QED) is 0.223. The number of nitrogens with one attached hydrogen (secondary N) is 2. The van der Waals surface area contributed by atoms with Gasteiger partial charge in [0.2, 0.25) is 15.9 Å². The molecule has 0 aliphatic carbocycles. The molecular weight excluding hydrogens is 601 g/mol. The van der Waals surface area contributed by atoms with Gasteiger partial charge in [-0.25, -0.2) is 21.6 Å². The van der Waals surface area contributed by atoms with E-state index in [1.165, 1.54) is 52.8 Å². The summed E-state index contributed by atoms with van der Waals surface area (Å²) in [6, 6.07) is 21.5. The van der Waals surface area contributed by atoms with E-state index >= 15 is 4.39 Å². The fraction of sp³-hybridized carbons (Fsp3) is 0.265. The summed E-state index contributed by atoms with van der Waals surface area (Å²) in [6.45, 7) is 2.67. The fourth-order valence-electron chi connectivity index (χ4n) is 5.99. The zero-order valence-electron chi connectivity index (χ0n) is 24.7. The third kappa shape index (κ3) is 7.28. The molecule has 7 nitrogen and oxygen atoms in total. The largest absolute Gasteiger partial charge is 0.324 e. The van der Waals surface area contributed by atoms with Crippen LogP contribution in [0.2, 0.25) is 0 Å². The Hall–Kier alpha value is -4.03. The van der Waals surface area contributed by atoms with Crippen molar-refractivity contribution in [3.05, 3.63) is 131 Å². The highest BCUT2D eigenvalue weighted by atomic mass is 32.2. The summed E-state index contributed by atoms with van der Waals surface area (Å²) in [7, 11) is -3.82. The highest BCUT2D eigenvalue weighted by molar-refractivity contribution is 7.89. The van der Waals surface area contributed by atoms with Crippen molar-refractivity contribution in [3.8, 4) is 0 Å². The standard InChI is InChI=1S/C34H35F3N4O3S/c1-22-20-39-21-27(41(22)45(43,44)28-12-3-2-4-13-28)16-17-29-30(37)14-7-15-31(29)40-34(42)33(38)32(23-8-5-10-25(35)18-23)24-9-6-11-26(36)19-24/h2-15,18-19,22,27,32-33,39H,16-17,20-21,38H2,1H3,(H,40,42)/t22-,27+,33+/m1/s1. The van der Waals surface area contributed by atoms with Crippen molar-refractivity contribution >= 4 is 21.6 Å². The molecule has 0 saturated carbocycles. The van der Waals surface area contributed by atoms with E-state index in [0.29, 0.717) is 24.2 Å². The number of rotatable bonds is 10. The molecule has 11 heteroatoms. The second kappa shape index (κ2) is 13.9. The number of halogens is 3. The summed E-state index contributed by atoms with van der Waals surface area (Å²) in [5.41, 5.74) is 7.59. The van der Waals surface area contributed by atoms with Crippen LogP contribution in [0.25, 0.3) is 0 Å². The van der Waals surface area contributed by atoms with E-state index in [-0.39, 0.29) is 35.0 Å². The first-order chi connectivity index (χ1) is 21.6. The highest BCUT2D eigenvalue weighted by Gasteiger charge is 2.38. The normalized spacial score (nSPS) is 18.1. The predicted molar refractivity (Wildman–Crippen MR) is 168 cm³/mol. The van der Waals surface area contributed by atoms with Crippen molar-refractivity contribution in [2.75, 3.05) is 18.4 Å². The molecule has 0 unspecified atom stereocenters. The van der Waals surface area contributed by atoms with E-state index in [4.69, 9.17) is 5.73 Å². The first-order valence-electron chi connectivity index (χ1n) is 14.7. The summed E-state index contributed by atoms with van der Waals surface area (Å²) in [6.07, 6.45) is 0.392. The third-order valence-electron chi connectivity index (χ3n) is 8.11. The summed E-state index contributed by atoms with van der Waals surface area (Å²) in [5, 5.41) is 5.99. The van der Waals surface area contributed by atoms with Gasteiger partial charge in [-0.15, -0.1) is 0 Å². The number of carbonyl (C=O) groups is 1. The molecule has 1 fully saturated rings. The molecule has 0 radical (unpaired) electrons. The molecule has 1 amide bonds.